The zero-order chi connectivity index (χ0) is 15.5. The third-order valence-corrected chi connectivity index (χ3v) is 3.76. The van der Waals surface area contributed by atoms with Crippen molar-refractivity contribution in [3.8, 4) is 5.75 Å². The molecule has 0 heterocycles. The normalized spacial score (nSPS) is 12.6. The molecule has 0 fully saturated rings. The molecule has 0 aliphatic carbocycles. The second kappa shape index (κ2) is 10.7. The molecule has 120 valence electrons. The summed E-state index contributed by atoms with van der Waals surface area (Å²) in [7, 11) is 0. The highest BCUT2D eigenvalue weighted by Crippen LogP contribution is 2.13. The zero-order valence-corrected chi connectivity index (χ0v) is 14.3. The van der Waals surface area contributed by atoms with Crippen LogP contribution >= 0.6 is 0 Å². The van der Waals surface area contributed by atoms with Crippen LogP contribution in [0, 0.1) is 5.92 Å². The molecule has 0 saturated heterocycles. The first-order chi connectivity index (χ1) is 10.1. The van der Waals surface area contributed by atoms with Crippen LogP contribution in [-0.2, 0) is 6.54 Å². The van der Waals surface area contributed by atoms with Crippen molar-refractivity contribution in [3.63, 3.8) is 0 Å². The molecule has 21 heavy (non-hydrogen) atoms. The number of benzene rings is 1. The van der Waals surface area contributed by atoms with E-state index in [0.29, 0.717) is 6.04 Å². The maximum absolute atomic E-state index is 5.68. The van der Waals surface area contributed by atoms with Gasteiger partial charge in [-0.15, -0.1) is 0 Å². The molecule has 0 saturated carbocycles. The fraction of sp³-hybridized carbons (Fsp3) is 0.684. The second-order valence-corrected chi connectivity index (χ2v) is 6.45. The van der Waals surface area contributed by atoms with E-state index in [0.717, 1.165) is 31.2 Å². The lowest BCUT2D eigenvalue weighted by Crippen LogP contribution is -2.25. The standard InChI is InChI=1S/C19H33NO/c1-5-6-14-21-19-12-10-18(11-13-19)15-20-17(4)9-7-8-16(2)3/h10-13,16-17,20H,5-9,14-15H2,1-4H3. The molecule has 1 aromatic rings. The van der Waals surface area contributed by atoms with E-state index in [4.69, 9.17) is 4.74 Å². The lowest BCUT2D eigenvalue weighted by atomic mass is 10.0. The van der Waals surface area contributed by atoms with Gasteiger partial charge in [0.1, 0.15) is 5.75 Å². The van der Waals surface area contributed by atoms with Crippen molar-refractivity contribution in [2.75, 3.05) is 6.61 Å². The Kier molecular flexibility index (Phi) is 9.16. The average molecular weight is 291 g/mol. The first kappa shape index (κ1) is 18.0. The predicted molar refractivity (Wildman–Crippen MR) is 91.8 cm³/mol. The molecule has 0 spiro atoms. The van der Waals surface area contributed by atoms with Gasteiger partial charge in [-0.2, -0.15) is 0 Å². The minimum Gasteiger partial charge on any atom is -0.494 e. The van der Waals surface area contributed by atoms with Crippen LogP contribution in [0.5, 0.6) is 5.75 Å². The summed E-state index contributed by atoms with van der Waals surface area (Å²) in [6.07, 6.45) is 6.20. The van der Waals surface area contributed by atoms with Gasteiger partial charge >= 0.3 is 0 Å². The lowest BCUT2D eigenvalue weighted by molar-refractivity contribution is 0.309. The van der Waals surface area contributed by atoms with E-state index in [1.807, 2.05) is 0 Å². The fourth-order valence-corrected chi connectivity index (χ4v) is 2.26. The molecule has 0 bridgehead atoms. The number of unbranched alkanes of at least 4 members (excludes halogenated alkanes) is 1. The van der Waals surface area contributed by atoms with Crippen molar-refractivity contribution >= 4 is 0 Å². The van der Waals surface area contributed by atoms with Crippen LogP contribution in [0.3, 0.4) is 0 Å². The molecule has 1 rings (SSSR count). The molecule has 1 unspecified atom stereocenters. The Balaban J connectivity index is 2.22. The third-order valence-electron chi connectivity index (χ3n) is 3.76. The summed E-state index contributed by atoms with van der Waals surface area (Å²) in [5, 5.41) is 3.60. The average Bonchev–Trinajstić information content (AvgIpc) is 2.46. The van der Waals surface area contributed by atoms with Crippen LogP contribution < -0.4 is 10.1 Å². The summed E-state index contributed by atoms with van der Waals surface area (Å²) < 4.78 is 5.68. The van der Waals surface area contributed by atoms with E-state index < -0.39 is 0 Å². The van der Waals surface area contributed by atoms with Gasteiger partial charge in [0, 0.05) is 12.6 Å². The lowest BCUT2D eigenvalue weighted by Gasteiger charge is -2.14. The molecule has 0 amide bonds. The first-order valence-electron chi connectivity index (χ1n) is 8.57. The monoisotopic (exact) mass is 291 g/mol. The second-order valence-electron chi connectivity index (χ2n) is 6.45. The fourth-order valence-electron chi connectivity index (χ4n) is 2.26. The Morgan fingerprint density at radius 1 is 1.00 bits per heavy atom. The van der Waals surface area contributed by atoms with Gasteiger partial charge in [0.05, 0.1) is 6.61 Å². The van der Waals surface area contributed by atoms with E-state index >= 15 is 0 Å². The highest BCUT2D eigenvalue weighted by atomic mass is 16.5. The van der Waals surface area contributed by atoms with E-state index in [-0.39, 0.29) is 0 Å². The van der Waals surface area contributed by atoms with Crippen LogP contribution in [-0.4, -0.2) is 12.6 Å². The number of ether oxygens (including phenoxy) is 1. The van der Waals surface area contributed by atoms with Gasteiger partial charge in [-0.1, -0.05) is 52.2 Å². The summed E-state index contributed by atoms with van der Waals surface area (Å²) in [5.41, 5.74) is 1.33. The van der Waals surface area contributed by atoms with Crippen molar-refractivity contribution in [1.82, 2.24) is 5.32 Å². The minimum atomic E-state index is 0.587. The molecule has 2 nitrogen and oxygen atoms in total. The van der Waals surface area contributed by atoms with Gasteiger partial charge in [-0.3, -0.25) is 0 Å². The molecule has 0 aromatic heterocycles. The van der Waals surface area contributed by atoms with E-state index in [1.54, 1.807) is 0 Å². The summed E-state index contributed by atoms with van der Waals surface area (Å²) in [6, 6.07) is 9.07. The van der Waals surface area contributed by atoms with E-state index in [1.165, 1.54) is 31.2 Å². The van der Waals surface area contributed by atoms with Gasteiger partial charge in [-0.05, 0) is 43.4 Å². The Hall–Kier alpha value is -1.02. The summed E-state index contributed by atoms with van der Waals surface area (Å²) in [4.78, 5) is 0. The van der Waals surface area contributed by atoms with Gasteiger partial charge in [0.2, 0.25) is 0 Å². The highest BCUT2D eigenvalue weighted by molar-refractivity contribution is 5.27. The molecular formula is C19H33NO. The Morgan fingerprint density at radius 2 is 1.71 bits per heavy atom. The number of hydrogen-bond donors (Lipinski definition) is 1. The van der Waals surface area contributed by atoms with Gasteiger partial charge < -0.3 is 10.1 Å². The molecule has 2 heteroatoms. The van der Waals surface area contributed by atoms with Crippen LogP contribution in [0.25, 0.3) is 0 Å². The minimum absolute atomic E-state index is 0.587. The molecule has 0 aliphatic heterocycles. The van der Waals surface area contributed by atoms with Crippen LogP contribution in [0.2, 0.25) is 0 Å². The van der Waals surface area contributed by atoms with E-state index in [9.17, 15) is 0 Å². The molecule has 0 radical (unpaired) electrons. The topological polar surface area (TPSA) is 21.3 Å². The Bertz CT molecular complexity index is 358. The zero-order valence-electron chi connectivity index (χ0n) is 14.3. The van der Waals surface area contributed by atoms with Crippen molar-refractivity contribution < 1.29 is 4.74 Å². The van der Waals surface area contributed by atoms with Crippen LogP contribution in [0.1, 0.15) is 65.4 Å². The molecule has 1 aromatic carbocycles. The maximum atomic E-state index is 5.68. The Morgan fingerprint density at radius 3 is 2.33 bits per heavy atom. The number of hydrogen-bond acceptors (Lipinski definition) is 2. The van der Waals surface area contributed by atoms with Gasteiger partial charge in [-0.25, -0.2) is 0 Å². The SMILES string of the molecule is CCCCOc1ccc(CNC(C)CCCC(C)C)cc1. The van der Waals surface area contributed by atoms with Gasteiger partial charge in [0.15, 0.2) is 0 Å². The van der Waals surface area contributed by atoms with Crippen molar-refractivity contribution in [1.29, 1.82) is 0 Å². The number of nitrogens with one attached hydrogen (secondary N) is 1. The molecule has 1 N–H and O–H groups in total. The summed E-state index contributed by atoms with van der Waals surface area (Å²) in [5.74, 6) is 1.80. The predicted octanol–water partition coefficient (Wildman–Crippen LogP) is 5.17. The van der Waals surface area contributed by atoms with Crippen molar-refractivity contribution in [2.24, 2.45) is 5.92 Å². The van der Waals surface area contributed by atoms with Crippen molar-refractivity contribution in [3.05, 3.63) is 29.8 Å². The van der Waals surface area contributed by atoms with E-state index in [2.05, 4.69) is 57.3 Å². The molecular weight excluding hydrogens is 258 g/mol. The van der Waals surface area contributed by atoms with Gasteiger partial charge in [0.25, 0.3) is 0 Å². The van der Waals surface area contributed by atoms with Crippen molar-refractivity contribution in [2.45, 2.75) is 72.4 Å². The Labute approximate surface area is 131 Å². The first-order valence-corrected chi connectivity index (χ1v) is 8.57. The summed E-state index contributed by atoms with van der Waals surface area (Å²) in [6.45, 7) is 10.8. The summed E-state index contributed by atoms with van der Waals surface area (Å²) >= 11 is 0. The largest absolute Gasteiger partial charge is 0.494 e. The smallest absolute Gasteiger partial charge is 0.119 e. The maximum Gasteiger partial charge on any atom is 0.119 e. The van der Waals surface area contributed by atoms with Crippen LogP contribution in [0.15, 0.2) is 24.3 Å². The number of rotatable bonds is 11. The third kappa shape index (κ3) is 8.77. The van der Waals surface area contributed by atoms with Crippen LogP contribution in [0.4, 0.5) is 0 Å². The molecule has 1 atom stereocenters. The quantitative estimate of drug-likeness (QED) is 0.568. The molecule has 0 aliphatic rings. The highest BCUT2D eigenvalue weighted by Gasteiger charge is 2.03.